The van der Waals surface area contributed by atoms with E-state index in [1.807, 2.05) is 0 Å². The molecule has 1 aromatic heterocycles. The molecule has 0 radical (unpaired) electrons. The van der Waals surface area contributed by atoms with Crippen LogP contribution in [0.2, 0.25) is 0 Å². The van der Waals surface area contributed by atoms with Crippen LogP contribution >= 0.6 is 33.9 Å². The molecule has 0 bridgehead atoms. The van der Waals surface area contributed by atoms with Gasteiger partial charge < -0.3 is 0 Å². The highest BCUT2D eigenvalue weighted by Crippen LogP contribution is 2.36. The van der Waals surface area contributed by atoms with E-state index in [-0.39, 0.29) is 0 Å². The normalized spacial score (nSPS) is 29.1. The zero-order chi connectivity index (χ0) is 9.26. The molecule has 2 rings (SSSR count). The Morgan fingerprint density at radius 1 is 1.23 bits per heavy atom. The van der Waals surface area contributed by atoms with Crippen molar-refractivity contribution in [1.29, 1.82) is 0 Å². The fourth-order valence-corrected chi connectivity index (χ4v) is 3.41. The first-order valence-corrected chi connectivity index (χ1v) is 6.64. The minimum atomic E-state index is 0.706. The topological polar surface area (TPSA) is 25.8 Å². The molecule has 2 nitrogen and oxygen atoms in total. The average Bonchev–Trinajstić information content (AvgIpc) is 2.53. The first-order chi connectivity index (χ1) is 6.25. The Labute approximate surface area is 96.3 Å². The zero-order valence-corrected chi connectivity index (χ0v) is 10.6. The molecule has 72 valence electrons. The van der Waals surface area contributed by atoms with E-state index in [2.05, 4.69) is 39.7 Å². The second kappa shape index (κ2) is 4.21. The Morgan fingerprint density at radius 2 is 1.92 bits per heavy atom. The highest BCUT2D eigenvalue weighted by atomic mass is 127. The Bertz CT molecular complexity index is 279. The zero-order valence-electron chi connectivity index (χ0n) is 7.66. The highest BCUT2D eigenvalue weighted by Gasteiger charge is 2.22. The summed E-state index contributed by atoms with van der Waals surface area (Å²) in [6.45, 7) is 2.35. The molecule has 0 aromatic carbocycles. The van der Waals surface area contributed by atoms with Gasteiger partial charge in [0, 0.05) is 5.92 Å². The molecule has 1 aliphatic carbocycles. The quantitative estimate of drug-likeness (QED) is 0.743. The molecule has 13 heavy (non-hydrogen) atoms. The summed E-state index contributed by atoms with van der Waals surface area (Å²) in [6.07, 6.45) is 5.35. The summed E-state index contributed by atoms with van der Waals surface area (Å²) < 4.78 is 1.08. The van der Waals surface area contributed by atoms with E-state index < -0.39 is 0 Å². The van der Waals surface area contributed by atoms with Gasteiger partial charge in [0.1, 0.15) is 5.01 Å². The number of hydrogen-bond donors (Lipinski definition) is 0. The van der Waals surface area contributed by atoms with Crippen LogP contribution in [0.5, 0.6) is 0 Å². The fourth-order valence-electron chi connectivity index (χ4n) is 1.89. The molecule has 0 unspecified atom stereocenters. The van der Waals surface area contributed by atoms with Crippen LogP contribution in [0.25, 0.3) is 0 Å². The molecule has 1 aromatic rings. The van der Waals surface area contributed by atoms with Crippen LogP contribution in [0.3, 0.4) is 0 Å². The van der Waals surface area contributed by atoms with Crippen molar-refractivity contribution in [1.82, 2.24) is 10.2 Å². The molecule has 1 saturated carbocycles. The number of aromatic nitrogens is 2. The van der Waals surface area contributed by atoms with Crippen molar-refractivity contribution in [2.75, 3.05) is 0 Å². The van der Waals surface area contributed by atoms with Gasteiger partial charge >= 0.3 is 0 Å². The maximum Gasteiger partial charge on any atom is 0.178 e. The van der Waals surface area contributed by atoms with Crippen LogP contribution in [0.15, 0.2) is 0 Å². The molecule has 0 atom stereocenters. The lowest BCUT2D eigenvalue weighted by molar-refractivity contribution is 0.346. The largest absolute Gasteiger partial charge is 0.178 e. The third kappa shape index (κ3) is 2.40. The Balaban J connectivity index is 2.02. The van der Waals surface area contributed by atoms with Crippen molar-refractivity contribution in [3.63, 3.8) is 0 Å². The molecule has 1 aliphatic rings. The summed E-state index contributed by atoms with van der Waals surface area (Å²) in [5.41, 5.74) is 0. The summed E-state index contributed by atoms with van der Waals surface area (Å²) in [7, 11) is 0. The van der Waals surface area contributed by atoms with Gasteiger partial charge in [-0.15, -0.1) is 10.2 Å². The number of rotatable bonds is 1. The van der Waals surface area contributed by atoms with Gasteiger partial charge in [0.2, 0.25) is 0 Å². The van der Waals surface area contributed by atoms with E-state index in [4.69, 9.17) is 0 Å². The first-order valence-electron chi connectivity index (χ1n) is 4.74. The van der Waals surface area contributed by atoms with Crippen molar-refractivity contribution >= 4 is 33.9 Å². The van der Waals surface area contributed by atoms with Crippen molar-refractivity contribution in [3.8, 4) is 0 Å². The summed E-state index contributed by atoms with van der Waals surface area (Å²) in [5, 5.41) is 9.55. The lowest BCUT2D eigenvalue weighted by atomic mass is 9.83. The maximum absolute atomic E-state index is 4.23. The van der Waals surface area contributed by atoms with E-state index in [0.717, 1.165) is 8.93 Å². The van der Waals surface area contributed by atoms with Crippen molar-refractivity contribution < 1.29 is 0 Å². The summed E-state index contributed by atoms with van der Waals surface area (Å²) in [4.78, 5) is 0. The third-order valence-electron chi connectivity index (χ3n) is 2.78. The van der Waals surface area contributed by atoms with Gasteiger partial charge in [0.15, 0.2) is 3.01 Å². The minimum Gasteiger partial charge on any atom is -0.142 e. The third-order valence-corrected chi connectivity index (χ3v) is 4.53. The van der Waals surface area contributed by atoms with Gasteiger partial charge in [-0.25, -0.2) is 0 Å². The van der Waals surface area contributed by atoms with E-state index in [1.165, 1.54) is 30.7 Å². The maximum atomic E-state index is 4.23. The average molecular weight is 308 g/mol. The SMILES string of the molecule is CC1CCC(c2nnc(I)s2)CC1. The van der Waals surface area contributed by atoms with Gasteiger partial charge in [0.05, 0.1) is 0 Å². The summed E-state index contributed by atoms with van der Waals surface area (Å²) in [5.74, 6) is 1.63. The van der Waals surface area contributed by atoms with Gasteiger partial charge in [-0.1, -0.05) is 31.1 Å². The van der Waals surface area contributed by atoms with E-state index in [1.54, 1.807) is 11.3 Å². The number of hydrogen-bond acceptors (Lipinski definition) is 3. The lowest BCUT2D eigenvalue weighted by Crippen LogP contribution is -2.10. The highest BCUT2D eigenvalue weighted by molar-refractivity contribution is 14.1. The monoisotopic (exact) mass is 308 g/mol. The Hall–Kier alpha value is 0.290. The predicted octanol–water partition coefficient (Wildman–Crippen LogP) is 3.44. The van der Waals surface area contributed by atoms with Crippen LogP contribution in [-0.4, -0.2) is 10.2 Å². The molecule has 0 N–H and O–H groups in total. The van der Waals surface area contributed by atoms with Crippen molar-refractivity contribution in [3.05, 3.63) is 8.02 Å². The van der Waals surface area contributed by atoms with Gasteiger partial charge in [-0.2, -0.15) is 0 Å². The summed E-state index contributed by atoms with van der Waals surface area (Å²) in [6, 6.07) is 0. The standard InChI is InChI=1S/C9H13IN2S/c1-6-2-4-7(5-3-6)8-11-12-9(10)13-8/h6-7H,2-5H2,1H3. The van der Waals surface area contributed by atoms with Gasteiger partial charge in [-0.3, -0.25) is 0 Å². The molecule has 1 fully saturated rings. The van der Waals surface area contributed by atoms with Gasteiger partial charge in [-0.05, 0) is 41.4 Å². The lowest BCUT2D eigenvalue weighted by Gasteiger charge is -2.23. The predicted molar refractivity (Wildman–Crippen MR) is 63.0 cm³/mol. The van der Waals surface area contributed by atoms with Crippen LogP contribution in [0, 0.1) is 8.93 Å². The summed E-state index contributed by atoms with van der Waals surface area (Å²) >= 11 is 4.01. The number of halogens is 1. The fraction of sp³-hybridized carbons (Fsp3) is 0.778. The van der Waals surface area contributed by atoms with E-state index in [0.29, 0.717) is 5.92 Å². The van der Waals surface area contributed by atoms with Gasteiger partial charge in [0.25, 0.3) is 0 Å². The minimum absolute atomic E-state index is 0.706. The van der Waals surface area contributed by atoms with Crippen molar-refractivity contribution in [2.45, 2.75) is 38.5 Å². The van der Waals surface area contributed by atoms with Crippen LogP contribution in [-0.2, 0) is 0 Å². The molecular weight excluding hydrogens is 295 g/mol. The molecule has 0 spiro atoms. The van der Waals surface area contributed by atoms with Crippen LogP contribution in [0.4, 0.5) is 0 Å². The molecule has 0 aliphatic heterocycles. The smallest absolute Gasteiger partial charge is 0.142 e. The van der Waals surface area contributed by atoms with Crippen molar-refractivity contribution in [2.24, 2.45) is 5.92 Å². The van der Waals surface area contributed by atoms with E-state index in [9.17, 15) is 0 Å². The second-order valence-electron chi connectivity index (χ2n) is 3.85. The molecular formula is C9H13IN2S. The molecule has 1 heterocycles. The molecule has 0 amide bonds. The molecule has 4 heteroatoms. The first kappa shape index (κ1) is 9.83. The van der Waals surface area contributed by atoms with E-state index >= 15 is 0 Å². The van der Waals surface area contributed by atoms with Crippen LogP contribution < -0.4 is 0 Å². The van der Waals surface area contributed by atoms with Crippen LogP contribution in [0.1, 0.15) is 43.5 Å². The number of nitrogens with zero attached hydrogens (tertiary/aromatic N) is 2. The Morgan fingerprint density at radius 3 is 2.46 bits per heavy atom. The second-order valence-corrected chi connectivity index (χ2v) is 6.61. The molecule has 0 saturated heterocycles. The Kier molecular flexibility index (Phi) is 3.18.